The minimum Gasteiger partial charge on any atom is -0.294 e. The minimum atomic E-state index is -0.441. The van der Waals surface area contributed by atoms with Crippen molar-refractivity contribution >= 4 is 34.0 Å². The molecule has 0 N–H and O–H groups in total. The van der Waals surface area contributed by atoms with Gasteiger partial charge in [0.25, 0.3) is 0 Å². The summed E-state index contributed by atoms with van der Waals surface area (Å²) in [5, 5.41) is 2.41. The van der Waals surface area contributed by atoms with E-state index >= 15 is 0 Å². The van der Waals surface area contributed by atoms with Gasteiger partial charge in [-0.3, -0.25) is 4.79 Å². The molecule has 4 aromatic rings. The lowest BCUT2D eigenvalue weighted by molar-refractivity contribution is -0.401. The summed E-state index contributed by atoms with van der Waals surface area (Å²) in [6.07, 6.45) is 4.74. The number of hydrogen-bond donors (Lipinski definition) is 0. The second kappa shape index (κ2) is 8.05. The zero-order valence-electron chi connectivity index (χ0n) is 18.5. The first kappa shape index (κ1) is 20.1. The quantitative estimate of drug-likeness (QED) is 0.258. The fourth-order valence-electron chi connectivity index (χ4n) is 5.01. The molecule has 0 amide bonds. The van der Waals surface area contributed by atoms with E-state index in [-0.39, 0.29) is 5.78 Å². The number of rotatable bonds is 5. The molecule has 2 nitrogen and oxygen atoms in total. The average Bonchev–Trinajstić information content (AvgIpc) is 3.05. The highest BCUT2D eigenvalue weighted by Gasteiger charge is 2.49. The number of Topliss-reactive ketones (excluding diaryl/α,β-unsaturated/α-hetero) is 1. The second-order valence-corrected chi connectivity index (χ2v) is 8.67. The van der Waals surface area contributed by atoms with Crippen LogP contribution in [0.4, 0.5) is 5.69 Å². The normalized spacial score (nSPS) is 17.8. The van der Waals surface area contributed by atoms with E-state index in [2.05, 4.69) is 79.2 Å². The molecule has 0 saturated heterocycles. The lowest BCUT2D eigenvalue weighted by Gasteiger charge is -2.23. The van der Waals surface area contributed by atoms with E-state index < -0.39 is 5.41 Å². The highest BCUT2D eigenvalue weighted by atomic mass is 16.1. The summed E-state index contributed by atoms with van der Waals surface area (Å²) in [7, 11) is 2.11. The first-order valence-electron chi connectivity index (χ1n) is 11.0. The Morgan fingerprint density at radius 2 is 1.47 bits per heavy atom. The van der Waals surface area contributed by atoms with Crippen LogP contribution in [0.3, 0.4) is 0 Å². The van der Waals surface area contributed by atoms with Crippen LogP contribution in [-0.4, -0.2) is 23.1 Å². The number of ketones is 1. The molecule has 1 unspecified atom stereocenters. The van der Waals surface area contributed by atoms with E-state index in [0.717, 1.165) is 16.8 Å². The summed E-state index contributed by atoms with van der Waals surface area (Å²) >= 11 is 0. The highest BCUT2D eigenvalue weighted by molar-refractivity contribution is 6.12. The van der Waals surface area contributed by atoms with Gasteiger partial charge in [-0.05, 0) is 35.4 Å². The maximum atomic E-state index is 13.4. The molecule has 0 fully saturated rings. The Kier molecular flexibility index (Phi) is 5.07. The van der Waals surface area contributed by atoms with Crippen molar-refractivity contribution in [2.45, 2.75) is 18.8 Å². The van der Waals surface area contributed by atoms with Crippen LogP contribution in [0.15, 0.2) is 103 Å². The summed E-state index contributed by atoms with van der Waals surface area (Å²) in [4.78, 5) is 13.4. The highest BCUT2D eigenvalue weighted by Crippen LogP contribution is 2.46. The SMILES string of the molecule is C[N+]1=C(C=Cc2ccccc2)C(C)(CC(=O)c2ccccc2)c2c1ccc1ccccc21. The second-order valence-electron chi connectivity index (χ2n) is 8.67. The topological polar surface area (TPSA) is 20.1 Å². The van der Waals surface area contributed by atoms with Gasteiger partial charge in [0, 0.05) is 29.7 Å². The first-order chi connectivity index (χ1) is 15.6. The van der Waals surface area contributed by atoms with Crippen LogP contribution in [0.1, 0.15) is 34.8 Å². The molecule has 0 aromatic heterocycles. The molecule has 4 aromatic carbocycles. The van der Waals surface area contributed by atoms with E-state index in [1.807, 2.05) is 48.5 Å². The molecule has 1 atom stereocenters. The maximum absolute atomic E-state index is 13.4. The molecule has 0 radical (unpaired) electrons. The molecule has 0 spiro atoms. The maximum Gasteiger partial charge on any atom is 0.210 e. The Bertz CT molecular complexity index is 1370. The van der Waals surface area contributed by atoms with Crippen LogP contribution in [0.5, 0.6) is 0 Å². The monoisotopic (exact) mass is 416 g/mol. The lowest BCUT2D eigenvalue weighted by atomic mass is 9.73. The fraction of sp³-hybridized carbons (Fsp3) is 0.133. The van der Waals surface area contributed by atoms with Crippen molar-refractivity contribution in [3.8, 4) is 0 Å². The van der Waals surface area contributed by atoms with Gasteiger partial charge in [0.15, 0.2) is 11.5 Å². The van der Waals surface area contributed by atoms with Gasteiger partial charge in [0.05, 0.1) is 5.41 Å². The predicted molar refractivity (Wildman–Crippen MR) is 133 cm³/mol. The van der Waals surface area contributed by atoms with Gasteiger partial charge >= 0.3 is 0 Å². The van der Waals surface area contributed by atoms with Gasteiger partial charge in [-0.25, -0.2) is 0 Å². The third-order valence-electron chi connectivity index (χ3n) is 6.59. The molecule has 0 saturated carbocycles. The number of hydrogen-bond acceptors (Lipinski definition) is 1. The van der Waals surface area contributed by atoms with Gasteiger partial charge in [-0.1, -0.05) is 84.9 Å². The van der Waals surface area contributed by atoms with E-state index in [0.29, 0.717) is 6.42 Å². The molecule has 2 heteroatoms. The van der Waals surface area contributed by atoms with Crippen LogP contribution in [0, 0.1) is 0 Å². The van der Waals surface area contributed by atoms with Crippen LogP contribution in [0.2, 0.25) is 0 Å². The molecule has 156 valence electrons. The van der Waals surface area contributed by atoms with E-state index in [4.69, 9.17) is 0 Å². The Labute approximate surface area is 189 Å². The van der Waals surface area contributed by atoms with Crippen LogP contribution < -0.4 is 0 Å². The van der Waals surface area contributed by atoms with E-state index in [1.54, 1.807) is 0 Å². The van der Waals surface area contributed by atoms with Crippen molar-refractivity contribution in [3.63, 3.8) is 0 Å². The van der Waals surface area contributed by atoms with Crippen molar-refractivity contribution in [1.29, 1.82) is 0 Å². The number of nitrogens with zero attached hydrogens (tertiary/aromatic N) is 1. The first-order valence-corrected chi connectivity index (χ1v) is 11.0. The minimum absolute atomic E-state index is 0.160. The van der Waals surface area contributed by atoms with Crippen molar-refractivity contribution in [3.05, 3.63) is 120 Å². The van der Waals surface area contributed by atoms with Crippen molar-refractivity contribution in [2.24, 2.45) is 0 Å². The summed E-state index contributed by atoms with van der Waals surface area (Å²) in [6.45, 7) is 2.22. The van der Waals surface area contributed by atoms with Crippen molar-refractivity contribution in [2.75, 3.05) is 7.05 Å². The van der Waals surface area contributed by atoms with Gasteiger partial charge in [-0.15, -0.1) is 0 Å². The van der Waals surface area contributed by atoms with Gasteiger partial charge < -0.3 is 0 Å². The zero-order valence-corrected chi connectivity index (χ0v) is 18.5. The number of carbonyl (C=O) groups excluding carboxylic acids is 1. The molecule has 1 aliphatic rings. The van der Waals surface area contributed by atoms with Crippen LogP contribution in [0.25, 0.3) is 16.8 Å². The molecule has 32 heavy (non-hydrogen) atoms. The van der Waals surface area contributed by atoms with Crippen molar-refractivity contribution in [1.82, 2.24) is 0 Å². The van der Waals surface area contributed by atoms with Gasteiger partial charge in [-0.2, -0.15) is 4.58 Å². The average molecular weight is 417 g/mol. The lowest BCUT2D eigenvalue weighted by Crippen LogP contribution is -2.33. The summed E-state index contributed by atoms with van der Waals surface area (Å²) in [6, 6.07) is 32.8. The standard InChI is InChI=1S/C30H26NO/c1-30(21-27(32)24-14-7-4-8-15-24)28(20-17-22-11-5-3-6-12-22)31(2)26-19-18-23-13-9-10-16-25(23)29(26)30/h3-20H,21H2,1-2H3/q+1. The van der Waals surface area contributed by atoms with Crippen molar-refractivity contribution < 1.29 is 9.37 Å². The van der Waals surface area contributed by atoms with E-state index in [9.17, 15) is 4.79 Å². The molecule has 1 aliphatic heterocycles. The summed E-state index contributed by atoms with van der Waals surface area (Å²) in [5.74, 6) is 0.160. The smallest absolute Gasteiger partial charge is 0.210 e. The fourth-order valence-corrected chi connectivity index (χ4v) is 5.01. The molecule has 0 bridgehead atoms. The van der Waals surface area contributed by atoms with Crippen LogP contribution >= 0.6 is 0 Å². The Morgan fingerprint density at radius 3 is 2.22 bits per heavy atom. The van der Waals surface area contributed by atoms with Gasteiger partial charge in [0.1, 0.15) is 7.05 Å². The number of benzene rings is 4. The molecule has 5 rings (SSSR count). The Balaban J connectivity index is 1.67. The summed E-state index contributed by atoms with van der Waals surface area (Å²) < 4.78 is 2.25. The Morgan fingerprint density at radius 1 is 0.812 bits per heavy atom. The molecule has 1 heterocycles. The Hall–Kier alpha value is -3.78. The third kappa shape index (κ3) is 3.38. The largest absolute Gasteiger partial charge is 0.294 e. The molecular weight excluding hydrogens is 390 g/mol. The zero-order chi connectivity index (χ0) is 22.1. The molecular formula is C30H26NO+. The third-order valence-corrected chi connectivity index (χ3v) is 6.59. The van der Waals surface area contributed by atoms with E-state index in [1.165, 1.54) is 22.0 Å². The number of fused-ring (bicyclic) bond motifs is 3. The molecule has 0 aliphatic carbocycles. The van der Waals surface area contributed by atoms with Gasteiger partial charge in [0.2, 0.25) is 5.69 Å². The summed E-state index contributed by atoms with van der Waals surface area (Å²) in [5.41, 5.74) is 5.00. The number of allylic oxidation sites excluding steroid dienone is 1. The predicted octanol–water partition coefficient (Wildman–Crippen LogP) is 6.81. The van der Waals surface area contributed by atoms with Crippen LogP contribution in [-0.2, 0) is 5.41 Å². The number of carbonyl (C=O) groups is 1.